The van der Waals surface area contributed by atoms with E-state index in [2.05, 4.69) is 55.0 Å². The first-order chi connectivity index (χ1) is 20.0. The highest BCUT2D eigenvalue weighted by atomic mass is 32.2. The van der Waals surface area contributed by atoms with E-state index in [-0.39, 0.29) is 30.3 Å². The summed E-state index contributed by atoms with van der Waals surface area (Å²) in [6.45, 7) is 18.2. The van der Waals surface area contributed by atoms with E-state index in [0.717, 1.165) is 63.2 Å². The highest BCUT2D eigenvalue weighted by Crippen LogP contribution is 2.09. The first-order valence-corrected chi connectivity index (χ1v) is 15.9. The lowest BCUT2D eigenvalue weighted by Crippen LogP contribution is -2.45. The van der Waals surface area contributed by atoms with Crippen LogP contribution in [0.15, 0.2) is 42.1 Å². The quantitative estimate of drug-likeness (QED) is 0.168. The van der Waals surface area contributed by atoms with E-state index in [1.807, 2.05) is 0 Å². The van der Waals surface area contributed by atoms with E-state index in [1.54, 1.807) is 0 Å². The van der Waals surface area contributed by atoms with E-state index >= 15 is 0 Å². The van der Waals surface area contributed by atoms with Crippen molar-refractivity contribution < 1.29 is 27.5 Å². The van der Waals surface area contributed by atoms with Gasteiger partial charge in [-0.15, -0.1) is 0 Å². The number of sulfone groups is 1. The van der Waals surface area contributed by atoms with E-state index in [9.17, 15) is 18.0 Å². The van der Waals surface area contributed by atoms with Crippen molar-refractivity contribution in [2.75, 3.05) is 78.4 Å². The lowest BCUT2D eigenvalue weighted by atomic mass is 10.2. The Balaban J connectivity index is 1.93. The zero-order valence-electron chi connectivity index (χ0n) is 25.1. The zero-order chi connectivity index (χ0) is 31.0. The molecule has 1 fully saturated rings. The van der Waals surface area contributed by atoms with Crippen LogP contribution in [0.5, 0.6) is 0 Å². The van der Waals surface area contributed by atoms with E-state index in [0.29, 0.717) is 38.2 Å². The van der Waals surface area contributed by atoms with Gasteiger partial charge in [0.25, 0.3) is 0 Å². The maximum absolute atomic E-state index is 11.5. The molecule has 42 heavy (non-hydrogen) atoms. The molecule has 1 aliphatic heterocycles. The van der Waals surface area contributed by atoms with E-state index in [4.69, 9.17) is 9.47 Å². The van der Waals surface area contributed by atoms with Crippen LogP contribution in [0, 0.1) is 11.8 Å². The average molecular weight is 605 g/mol. The summed E-state index contributed by atoms with van der Waals surface area (Å²) in [7, 11) is -3.43. The fourth-order valence-corrected chi connectivity index (χ4v) is 4.60. The predicted molar refractivity (Wildman–Crippen MR) is 160 cm³/mol. The minimum absolute atomic E-state index is 0.131. The first kappa shape index (κ1) is 34.7. The van der Waals surface area contributed by atoms with Gasteiger partial charge in [0.15, 0.2) is 0 Å². The summed E-state index contributed by atoms with van der Waals surface area (Å²) in [5, 5.41) is 3.29. The first-order valence-electron chi connectivity index (χ1n) is 14.0. The van der Waals surface area contributed by atoms with Crippen molar-refractivity contribution in [3.63, 3.8) is 0 Å². The number of nitrogens with zero attached hydrogens (tertiary/aromatic N) is 5. The second-order valence-corrected chi connectivity index (χ2v) is 12.0. The van der Waals surface area contributed by atoms with Crippen molar-refractivity contribution in [1.82, 2.24) is 30.0 Å². The van der Waals surface area contributed by atoms with Gasteiger partial charge in [0.05, 0.1) is 5.56 Å². The number of carbonyl (C=O) groups is 2. The van der Waals surface area contributed by atoms with Crippen LogP contribution in [-0.4, -0.2) is 123 Å². The number of esters is 2. The summed E-state index contributed by atoms with van der Waals surface area (Å²) in [6.07, 6.45) is 6.52. The van der Waals surface area contributed by atoms with Crippen LogP contribution in [0.1, 0.15) is 38.7 Å². The minimum Gasteiger partial charge on any atom is -0.459 e. The Kier molecular flexibility index (Phi) is 15.0. The molecule has 1 aromatic rings. The summed E-state index contributed by atoms with van der Waals surface area (Å²) in [5.41, 5.74) is 2.05. The second kappa shape index (κ2) is 18.1. The predicted octanol–water partition coefficient (Wildman–Crippen LogP) is 1.06. The number of aromatic nitrogens is 2. The Bertz CT molecular complexity index is 1230. The smallest absolute Gasteiger partial charge is 0.303 e. The lowest BCUT2D eigenvalue weighted by Gasteiger charge is -2.34. The van der Waals surface area contributed by atoms with Crippen molar-refractivity contribution in [2.24, 2.45) is 0 Å². The Morgan fingerprint density at radius 2 is 1.45 bits per heavy atom. The van der Waals surface area contributed by atoms with Gasteiger partial charge < -0.3 is 29.5 Å². The number of nitrogens with one attached hydrogen (secondary N) is 1. The number of hydrogen-bond acceptors (Lipinski definition) is 12. The Morgan fingerprint density at radius 1 is 0.905 bits per heavy atom. The number of unbranched alkanes of at least 4 members (excludes halogenated alkanes) is 2. The zero-order valence-corrected chi connectivity index (χ0v) is 25.9. The molecule has 0 saturated carbocycles. The van der Waals surface area contributed by atoms with Crippen LogP contribution in [0.4, 0.5) is 0 Å². The number of rotatable bonds is 11. The van der Waals surface area contributed by atoms with Crippen molar-refractivity contribution in [1.29, 1.82) is 0 Å². The fourth-order valence-electron chi connectivity index (χ4n) is 4.11. The summed E-state index contributed by atoms with van der Waals surface area (Å²) in [6, 6.07) is 0. The summed E-state index contributed by atoms with van der Waals surface area (Å²) in [5.74, 6) is 5.41. The van der Waals surface area contributed by atoms with E-state index < -0.39 is 9.84 Å². The third kappa shape index (κ3) is 13.9. The molecule has 1 aliphatic rings. The minimum atomic E-state index is -3.43. The molecule has 1 saturated heterocycles. The van der Waals surface area contributed by atoms with Gasteiger partial charge in [-0.25, -0.2) is 18.4 Å². The molecule has 0 aliphatic carbocycles. The standard InChI is InChI=1S/C29H44N6O6S/c1-24(22-40-26(3)36)34-15-12-30-11-14-33(16-17-35(19-18-34)25(2)23-41-27(4)37)13-9-7-6-8-10-28-20-31-29(32-21-28)42(5,38)39/h20-21,30H,1-2,6-7,9,11-19,22-23H2,3-5H3. The fraction of sp³-hybridized carbons (Fsp3) is 0.586. The topological polar surface area (TPSA) is 134 Å². The van der Waals surface area contributed by atoms with Crippen LogP contribution in [0.2, 0.25) is 0 Å². The van der Waals surface area contributed by atoms with Gasteiger partial charge >= 0.3 is 11.9 Å². The van der Waals surface area contributed by atoms with Crippen molar-refractivity contribution in [3.05, 3.63) is 42.5 Å². The monoisotopic (exact) mass is 604 g/mol. The highest BCUT2D eigenvalue weighted by molar-refractivity contribution is 7.90. The molecule has 12 nitrogen and oxygen atoms in total. The second-order valence-electron chi connectivity index (χ2n) is 10.0. The molecule has 232 valence electrons. The number of carbonyl (C=O) groups excluding carboxylic acids is 2. The van der Waals surface area contributed by atoms with Gasteiger partial charge in [0.2, 0.25) is 15.0 Å². The van der Waals surface area contributed by atoms with Gasteiger partial charge in [-0.2, -0.15) is 0 Å². The largest absolute Gasteiger partial charge is 0.459 e. The maximum Gasteiger partial charge on any atom is 0.303 e. The number of ether oxygens (including phenoxy) is 2. The number of hydrogen-bond donors (Lipinski definition) is 1. The van der Waals surface area contributed by atoms with Crippen molar-refractivity contribution in [2.45, 2.75) is 38.3 Å². The third-order valence-corrected chi connectivity index (χ3v) is 7.36. The summed E-state index contributed by atoms with van der Waals surface area (Å²) < 4.78 is 33.3. The van der Waals surface area contributed by atoms with Gasteiger partial charge in [0.1, 0.15) is 13.2 Å². The SMILES string of the molecule is C=C(COC(C)=O)N1CCNCCN(CCCCC#Cc2cnc(S(C)(=O)=O)nc2)CCN(C(=C)COC(C)=O)CC1. The molecule has 0 atom stereocenters. The molecule has 2 heterocycles. The average Bonchev–Trinajstić information content (AvgIpc) is 2.93. The molecule has 0 bridgehead atoms. The summed E-state index contributed by atoms with van der Waals surface area (Å²) in [4.78, 5) is 37.0. The maximum atomic E-state index is 11.5. The molecule has 2 rings (SSSR count). The Labute approximate surface area is 250 Å². The Morgan fingerprint density at radius 3 is 2.02 bits per heavy atom. The van der Waals surface area contributed by atoms with Crippen molar-refractivity contribution >= 4 is 21.8 Å². The molecule has 0 amide bonds. The van der Waals surface area contributed by atoms with E-state index in [1.165, 1.54) is 26.2 Å². The van der Waals surface area contributed by atoms with Gasteiger partial charge in [-0.3, -0.25) is 9.59 Å². The Hall–Kier alpha value is -3.47. The van der Waals surface area contributed by atoms with Crippen LogP contribution < -0.4 is 5.32 Å². The normalized spacial score (nSPS) is 15.4. The molecular weight excluding hydrogens is 560 g/mol. The molecule has 0 radical (unpaired) electrons. The third-order valence-electron chi connectivity index (χ3n) is 6.49. The molecular formula is C29H44N6O6S. The molecule has 0 unspecified atom stereocenters. The highest BCUT2D eigenvalue weighted by Gasteiger charge is 2.17. The van der Waals surface area contributed by atoms with Crippen LogP contribution >= 0.6 is 0 Å². The van der Waals surface area contributed by atoms with Crippen LogP contribution in [0.25, 0.3) is 0 Å². The molecule has 1 N–H and O–H groups in total. The van der Waals surface area contributed by atoms with Crippen LogP contribution in [0.3, 0.4) is 0 Å². The van der Waals surface area contributed by atoms with Gasteiger partial charge in [-0.1, -0.05) is 25.0 Å². The van der Waals surface area contributed by atoms with Crippen molar-refractivity contribution in [3.8, 4) is 11.8 Å². The molecule has 0 spiro atoms. The van der Waals surface area contributed by atoms with Gasteiger partial charge in [-0.05, 0) is 19.4 Å². The van der Waals surface area contributed by atoms with Gasteiger partial charge in [0, 0.05) is 103 Å². The molecule has 1 aromatic heterocycles. The molecule has 0 aromatic carbocycles. The lowest BCUT2D eigenvalue weighted by molar-refractivity contribution is -0.141. The summed E-state index contributed by atoms with van der Waals surface area (Å²) >= 11 is 0. The van der Waals surface area contributed by atoms with Crippen LogP contribution in [-0.2, 0) is 28.9 Å². The molecule has 13 heteroatoms.